The maximum Gasteiger partial charge on any atom is 0.227 e. The quantitative estimate of drug-likeness (QED) is 0.669. The molecular formula is C11H18N4O2. The van der Waals surface area contributed by atoms with Gasteiger partial charge in [0.15, 0.2) is 0 Å². The molecule has 0 bridgehead atoms. The summed E-state index contributed by atoms with van der Waals surface area (Å²) >= 11 is 0. The van der Waals surface area contributed by atoms with E-state index in [1.54, 1.807) is 6.20 Å². The molecule has 1 aromatic heterocycles. The minimum atomic E-state index is -0.195. The largest absolute Gasteiger partial charge is 0.379 e. The van der Waals surface area contributed by atoms with Gasteiger partial charge < -0.3 is 15.8 Å². The third kappa shape index (κ3) is 3.28. The standard InChI is InChI=1S/C11H18N4O2/c12-10-8-17-7-9(10)11(16)13-3-1-5-15-6-2-4-14-15/h2,4,6,9-10H,1,3,5,7-8,12H2,(H,13,16). The molecule has 1 aliphatic rings. The van der Waals surface area contributed by atoms with Crippen molar-refractivity contribution in [1.29, 1.82) is 0 Å². The van der Waals surface area contributed by atoms with E-state index in [0.717, 1.165) is 13.0 Å². The first kappa shape index (κ1) is 12.1. The molecule has 94 valence electrons. The summed E-state index contributed by atoms with van der Waals surface area (Å²) in [5.41, 5.74) is 5.76. The van der Waals surface area contributed by atoms with Crippen LogP contribution in [-0.2, 0) is 16.1 Å². The Labute approximate surface area is 100 Å². The number of nitrogens with one attached hydrogen (secondary N) is 1. The third-order valence-electron chi connectivity index (χ3n) is 2.88. The SMILES string of the molecule is NC1COCC1C(=O)NCCCn1cccn1. The maximum atomic E-state index is 11.7. The first-order valence-electron chi connectivity index (χ1n) is 5.86. The van der Waals surface area contributed by atoms with Crippen molar-refractivity contribution in [3.05, 3.63) is 18.5 Å². The molecule has 2 unspecified atom stereocenters. The van der Waals surface area contributed by atoms with Crippen molar-refractivity contribution < 1.29 is 9.53 Å². The minimum Gasteiger partial charge on any atom is -0.379 e. The number of carbonyl (C=O) groups excluding carboxylic acids is 1. The van der Waals surface area contributed by atoms with Crippen LogP contribution in [0.3, 0.4) is 0 Å². The molecule has 3 N–H and O–H groups in total. The Morgan fingerprint density at radius 2 is 2.47 bits per heavy atom. The van der Waals surface area contributed by atoms with E-state index < -0.39 is 0 Å². The second-order valence-corrected chi connectivity index (χ2v) is 4.22. The normalized spacial score (nSPS) is 23.8. The van der Waals surface area contributed by atoms with E-state index in [0.29, 0.717) is 19.8 Å². The summed E-state index contributed by atoms with van der Waals surface area (Å²) in [7, 11) is 0. The van der Waals surface area contributed by atoms with Crippen molar-refractivity contribution in [3.63, 3.8) is 0 Å². The lowest BCUT2D eigenvalue weighted by molar-refractivity contribution is -0.125. The van der Waals surface area contributed by atoms with Crippen LogP contribution < -0.4 is 11.1 Å². The topological polar surface area (TPSA) is 82.2 Å². The Kier molecular flexibility index (Phi) is 4.11. The van der Waals surface area contributed by atoms with Gasteiger partial charge in [0.05, 0.1) is 19.1 Å². The van der Waals surface area contributed by atoms with Crippen LogP contribution in [0.5, 0.6) is 0 Å². The number of hydrogen-bond acceptors (Lipinski definition) is 4. The Morgan fingerprint density at radius 3 is 3.12 bits per heavy atom. The molecule has 0 saturated carbocycles. The number of hydrogen-bond donors (Lipinski definition) is 2. The Balaban J connectivity index is 1.63. The van der Waals surface area contributed by atoms with Gasteiger partial charge in [-0.05, 0) is 12.5 Å². The molecule has 2 rings (SSSR count). The van der Waals surface area contributed by atoms with Crippen LogP contribution in [-0.4, -0.2) is 41.5 Å². The van der Waals surface area contributed by atoms with Crippen LogP contribution in [0.15, 0.2) is 18.5 Å². The van der Waals surface area contributed by atoms with Gasteiger partial charge in [0.25, 0.3) is 0 Å². The van der Waals surface area contributed by atoms with Crippen molar-refractivity contribution >= 4 is 5.91 Å². The van der Waals surface area contributed by atoms with Crippen molar-refractivity contribution in [3.8, 4) is 0 Å². The molecule has 0 aliphatic carbocycles. The lowest BCUT2D eigenvalue weighted by atomic mass is 10.0. The molecule has 2 atom stereocenters. The van der Waals surface area contributed by atoms with Crippen LogP contribution >= 0.6 is 0 Å². The zero-order chi connectivity index (χ0) is 12.1. The fourth-order valence-corrected chi connectivity index (χ4v) is 1.86. The van der Waals surface area contributed by atoms with E-state index in [4.69, 9.17) is 10.5 Å². The number of nitrogens with zero attached hydrogens (tertiary/aromatic N) is 2. The predicted octanol–water partition coefficient (Wildman–Crippen LogP) is -0.637. The van der Waals surface area contributed by atoms with E-state index in [1.807, 2.05) is 16.9 Å². The van der Waals surface area contributed by atoms with Gasteiger partial charge in [-0.3, -0.25) is 9.48 Å². The highest BCUT2D eigenvalue weighted by Gasteiger charge is 2.30. The van der Waals surface area contributed by atoms with Crippen LogP contribution in [0.4, 0.5) is 0 Å². The Morgan fingerprint density at radius 1 is 1.59 bits per heavy atom. The molecule has 0 aromatic carbocycles. The molecule has 17 heavy (non-hydrogen) atoms. The van der Waals surface area contributed by atoms with Crippen molar-refractivity contribution in [2.24, 2.45) is 11.7 Å². The Bertz CT molecular complexity index is 352. The van der Waals surface area contributed by atoms with E-state index in [1.165, 1.54) is 0 Å². The maximum absolute atomic E-state index is 11.7. The molecule has 2 heterocycles. The van der Waals surface area contributed by atoms with Gasteiger partial charge in [0.2, 0.25) is 5.91 Å². The lowest BCUT2D eigenvalue weighted by Crippen LogP contribution is -2.41. The summed E-state index contributed by atoms with van der Waals surface area (Å²) in [6.07, 6.45) is 4.51. The third-order valence-corrected chi connectivity index (χ3v) is 2.88. The van der Waals surface area contributed by atoms with Gasteiger partial charge >= 0.3 is 0 Å². The van der Waals surface area contributed by atoms with E-state index in [-0.39, 0.29) is 17.9 Å². The number of amides is 1. The Hall–Kier alpha value is -1.40. The van der Waals surface area contributed by atoms with Crippen molar-refractivity contribution in [2.75, 3.05) is 19.8 Å². The number of aromatic nitrogens is 2. The van der Waals surface area contributed by atoms with E-state index in [2.05, 4.69) is 10.4 Å². The summed E-state index contributed by atoms with van der Waals surface area (Å²) < 4.78 is 7.00. The summed E-state index contributed by atoms with van der Waals surface area (Å²) in [6.45, 7) is 2.36. The minimum absolute atomic E-state index is 0.00420. The van der Waals surface area contributed by atoms with Gasteiger partial charge in [0.1, 0.15) is 0 Å². The summed E-state index contributed by atoms with van der Waals surface area (Å²) in [6, 6.07) is 1.72. The molecule has 0 spiro atoms. The average molecular weight is 238 g/mol. The highest BCUT2D eigenvalue weighted by molar-refractivity contribution is 5.79. The molecule has 1 saturated heterocycles. The molecule has 1 amide bonds. The number of ether oxygens (including phenoxy) is 1. The molecule has 1 aliphatic heterocycles. The number of rotatable bonds is 5. The monoisotopic (exact) mass is 238 g/mol. The van der Waals surface area contributed by atoms with Gasteiger partial charge in [-0.1, -0.05) is 0 Å². The van der Waals surface area contributed by atoms with E-state index >= 15 is 0 Å². The zero-order valence-electron chi connectivity index (χ0n) is 9.71. The fourth-order valence-electron chi connectivity index (χ4n) is 1.86. The second-order valence-electron chi connectivity index (χ2n) is 4.22. The van der Waals surface area contributed by atoms with Crippen molar-refractivity contribution in [2.45, 2.75) is 19.0 Å². The van der Waals surface area contributed by atoms with Gasteiger partial charge in [-0.25, -0.2) is 0 Å². The summed E-state index contributed by atoms with van der Waals surface area (Å²) in [5, 5.41) is 6.96. The van der Waals surface area contributed by atoms with Gasteiger partial charge in [0, 0.05) is 31.5 Å². The van der Waals surface area contributed by atoms with Crippen LogP contribution in [0.1, 0.15) is 6.42 Å². The lowest BCUT2D eigenvalue weighted by Gasteiger charge is -2.13. The van der Waals surface area contributed by atoms with Gasteiger partial charge in [-0.15, -0.1) is 0 Å². The number of nitrogens with two attached hydrogens (primary N) is 1. The number of carbonyl (C=O) groups is 1. The van der Waals surface area contributed by atoms with E-state index in [9.17, 15) is 4.79 Å². The summed E-state index contributed by atoms with van der Waals surface area (Å²) in [5.74, 6) is -0.199. The molecule has 1 fully saturated rings. The molecule has 1 aromatic rings. The van der Waals surface area contributed by atoms with Crippen LogP contribution in [0.25, 0.3) is 0 Å². The second kappa shape index (κ2) is 5.79. The highest BCUT2D eigenvalue weighted by Crippen LogP contribution is 2.11. The smallest absolute Gasteiger partial charge is 0.227 e. The number of aryl methyl sites for hydroxylation is 1. The molecular weight excluding hydrogens is 220 g/mol. The molecule has 6 heteroatoms. The van der Waals surface area contributed by atoms with Crippen LogP contribution in [0, 0.1) is 5.92 Å². The summed E-state index contributed by atoms with van der Waals surface area (Å²) in [4.78, 5) is 11.7. The highest BCUT2D eigenvalue weighted by atomic mass is 16.5. The average Bonchev–Trinajstić information content (AvgIpc) is 2.95. The van der Waals surface area contributed by atoms with Crippen molar-refractivity contribution in [1.82, 2.24) is 15.1 Å². The first-order chi connectivity index (χ1) is 8.27. The first-order valence-corrected chi connectivity index (χ1v) is 5.86. The predicted molar refractivity (Wildman–Crippen MR) is 62.1 cm³/mol. The molecule has 0 radical (unpaired) electrons. The zero-order valence-corrected chi connectivity index (χ0v) is 9.71. The van der Waals surface area contributed by atoms with Crippen LogP contribution in [0.2, 0.25) is 0 Å². The van der Waals surface area contributed by atoms with Gasteiger partial charge in [-0.2, -0.15) is 5.10 Å². The fraction of sp³-hybridized carbons (Fsp3) is 0.636. The molecule has 6 nitrogen and oxygen atoms in total.